The first-order valence-electron chi connectivity index (χ1n) is 4.89. The lowest BCUT2D eigenvalue weighted by Crippen LogP contribution is -1.95. The Hall–Kier alpha value is -2.03. The smallest absolute Gasteiger partial charge is 0.331 e. The Morgan fingerprint density at radius 1 is 1.44 bits per heavy atom. The number of carboxylic acids is 1. The summed E-state index contributed by atoms with van der Waals surface area (Å²) in [5.41, 5.74) is 1.14. The Balaban J connectivity index is 2.75. The van der Waals surface area contributed by atoms with Crippen LogP contribution in [0.4, 0.5) is 0 Å². The molecule has 0 aliphatic heterocycles. The van der Waals surface area contributed by atoms with Gasteiger partial charge in [0.25, 0.3) is 0 Å². The second-order valence-electron chi connectivity index (χ2n) is 3.30. The van der Waals surface area contributed by atoms with Crippen LogP contribution < -0.4 is 4.74 Å². The summed E-state index contributed by atoms with van der Waals surface area (Å²) in [6.07, 6.45) is 3.28. The first kappa shape index (κ1) is 12.0. The lowest BCUT2D eigenvalue weighted by molar-refractivity contribution is -0.132. The minimum absolute atomic E-state index is 0.305. The topological polar surface area (TPSA) is 46.5 Å². The van der Waals surface area contributed by atoms with Crippen molar-refractivity contribution in [3.63, 3.8) is 0 Å². The molecule has 0 aliphatic carbocycles. The van der Waals surface area contributed by atoms with Crippen molar-refractivity contribution < 1.29 is 14.6 Å². The second kappa shape index (κ2) is 5.75. The number of ether oxygens (including phenoxy) is 1. The van der Waals surface area contributed by atoms with Crippen LogP contribution in [0, 0.1) is 0 Å². The maximum atomic E-state index is 10.6. The average molecular weight is 218 g/mol. The summed E-state index contributed by atoms with van der Waals surface area (Å²) in [5.74, 6) is -0.169. The normalized spacial score (nSPS) is 10.9. The first-order valence-corrected chi connectivity index (χ1v) is 4.89. The number of aliphatic carboxylic acids is 1. The standard InChI is InChI=1S/C13H14O3/c1-3-8-16-12-6-4-11(5-7-12)9-10(2)13(14)15/h3-7,9H,1,8H2,2H3,(H,14,15). The second-order valence-corrected chi connectivity index (χ2v) is 3.30. The number of carboxylic acid groups (broad SMARTS) is 1. The van der Waals surface area contributed by atoms with Gasteiger partial charge in [-0.3, -0.25) is 0 Å². The lowest BCUT2D eigenvalue weighted by Gasteiger charge is -2.03. The molecule has 0 heterocycles. The Morgan fingerprint density at radius 3 is 2.56 bits per heavy atom. The van der Waals surface area contributed by atoms with Crippen LogP contribution in [-0.4, -0.2) is 17.7 Å². The molecule has 0 aliphatic rings. The largest absolute Gasteiger partial charge is 0.490 e. The summed E-state index contributed by atoms with van der Waals surface area (Å²) >= 11 is 0. The van der Waals surface area contributed by atoms with Crippen LogP contribution in [0.1, 0.15) is 12.5 Å². The summed E-state index contributed by atoms with van der Waals surface area (Å²) in [6, 6.07) is 7.21. The molecule has 1 aromatic rings. The third-order valence-electron chi connectivity index (χ3n) is 1.97. The van der Waals surface area contributed by atoms with E-state index in [1.54, 1.807) is 31.2 Å². The van der Waals surface area contributed by atoms with Crippen molar-refractivity contribution in [1.29, 1.82) is 0 Å². The van der Waals surface area contributed by atoms with Gasteiger partial charge in [-0.1, -0.05) is 24.8 Å². The molecule has 0 radical (unpaired) electrons. The van der Waals surface area contributed by atoms with E-state index in [9.17, 15) is 4.79 Å². The Kier molecular flexibility index (Phi) is 4.33. The molecule has 3 heteroatoms. The summed E-state index contributed by atoms with van der Waals surface area (Å²) < 4.78 is 5.31. The van der Waals surface area contributed by atoms with Gasteiger partial charge in [0.05, 0.1) is 0 Å². The van der Waals surface area contributed by atoms with Crippen LogP contribution in [0.25, 0.3) is 6.08 Å². The fraction of sp³-hybridized carbons (Fsp3) is 0.154. The fourth-order valence-electron chi connectivity index (χ4n) is 1.13. The summed E-state index contributed by atoms with van der Waals surface area (Å²) in [6.45, 7) is 5.57. The quantitative estimate of drug-likeness (QED) is 0.610. The molecule has 0 bridgehead atoms. The molecule has 3 nitrogen and oxygen atoms in total. The van der Waals surface area contributed by atoms with Crippen LogP contribution in [0.5, 0.6) is 5.75 Å². The molecule has 0 saturated carbocycles. The fourth-order valence-corrected chi connectivity index (χ4v) is 1.13. The van der Waals surface area contributed by atoms with E-state index < -0.39 is 5.97 Å². The van der Waals surface area contributed by atoms with Crippen molar-refractivity contribution >= 4 is 12.0 Å². The van der Waals surface area contributed by atoms with Crippen LogP contribution in [0.3, 0.4) is 0 Å². The molecular formula is C13H14O3. The highest BCUT2D eigenvalue weighted by Gasteiger charge is 1.99. The van der Waals surface area contributed by atoms with E-state index in [1.807, 2.05) is 12.1 Å². The number of carbonyl (C=O) groups is 1. The molecule has 0 atom stereocenters. The molecule has 1 rings (SSSR count). The Bertz CT molecular complexity index is 402. The average Bonchev–Trinajstić information content (AvgIpc) is 2.28. The van der Waals surface area contributed by atoms with Gasteiger partial charge in [0.2, 0.25) is 0 Å². The van der Waals surface area contributed by atoms with Crippen LogP contribution in [-0.2, 0) is 4.79 Å². The summed E-state index contributed by atoms with van der Waals surface area (Å²) in [5, 5.41) is 8.71. The van der Waals surface area contributed by atoms with E-state index in [2.05, 4.69) is 6.58 Å². The predicted molar refractivity (Wildman–Crippen MR) is 63.4 cm³/mol. The third-order valence-corrected chi connectivity index (χ3v) is 1.97. The van der Waals surface area contributed by atoms with E-state index in [-0.39, 0.29) is 0 Å². The zero-order valence-electron chi connectivity index (χ0n) is 9.14. The number of hydrogen-bond donors (Lipinski definition) is 1. The van der Waals surface area contributed by atoms with Gasteiger partial charge >= 0.3 is 5.97 Å². The van der Waals surface area contributed by atoms with Crippen molar-refractivity contribution in [2.45, 2.75) is 6.92 Å². The van der Waals surface area contributed by atoms with Gasteiger partial charge in [0.1, 0.15) is 12.4 Å². The van der Waals surface area contributed by atoms with Crippen LogP contribution >= 0.6 is 0 Å². The maximum Gasteiger partial charge on any atom is 0.331 e. The maximum absolute atomic E-state index is 10.6. The van der Waals surface area contributed by atoms with Gasteiger partial charge in [-0.25, -0.2) is 4.79 Å². The third kappa shape index (κ3) is 3.61. The molecule has 0 fully saturated rings. The van der Waals surface area contributed by atoms with E-state index in [0.717, 1.165) is 11.3 Å². The molecule has 0 unspecified atom stereocenters. The molecule has 0 amide bonds. The number of rotatable bonds is 5. The lowest BCUT2D eigenvalue weighted by atomic mass is 10.1. The minimum Gasteiger partial charge on any atom is -0.490 e. The van der Waals surface area contributed by atoms with Gasteiger partial charge < -0.3 is 9.84 Å². The molecule has 1 N–H and O–H groups in total. The molecule has 0 aromatic heterocycles. The van der Waals surface area contributed by atoms with Gasteiger partial charge in [0.15, 0.2) is 0 Å². The highest BCUT2D eigenvalue weighted by atomic mass is 16.5. The van der Waals surface area contributed by atoms with Crippen molar-refractivity contribution in [2.75, 3.05) is 6.61 Å². The molecule has 0 saturated heterocycles. The van der Waals surface area contributed by atoms with E-state index in [1.165, 1.54) is 0 Å². The molecule has 16 heavy (non-hydrogen) atoms. The zero-order chi connectivity index (χ0) is 12.0. The van der Waals surface area contributed by atoms with Crippen molar-refractivity contribution in [1.82, 2.24) is 0 Å². The van der Waals surface area contributed by atoms with Crippen molar-refractivity contribution in [2.24, 2.45) is 0 Å². The Labute approximate surface area is 94.7 Å². The van der Waals surface area contributed by atoms with Gasteiger partial charge in [0, 0.05) is 5.57 Å². The van der Waals surface area contributed by atoms with E-state index in [4.69, 9.17) is 9.84 Å². The molecule has 0 spiro atoms. The zero-order valence-corrected chi connectivity index (χ0v) is 9.14. The van der Waals surface area contributed by atoms with Gasteiger partial charge in [-0.05, 0) is 30.7 Å². The monoisotopic (exact) mass is 218 g/mol. The Morgan fingerprint density at radius 2 is 2.06 bits per heavy atom. The van der Waals surface area contributed by atoms with E-state index >= 15 is 0 Å². The number of benzene rings is 1. The van der Waals surface area contributed by atoms with Crippen molar-refractivity contribution in [3.05, 3.63) is 48.1 Å². The molecule has 84 valence electrons. The SMILES string of the molecule is C=CCOc1ccc(C=C(C)C(=O)O)cc1. The van der Waals surface area contributed by atoms with Gasteiger partial charge in [-0.15, -0.1) is 0 Å². The van der Waals surface area contributed by atoms with Crippen LogP contribution in [0.15, 0.2) is 42.5 Å². The highest BCUT2D eigenvalue weighted by molar-refractivity contribution is 5.91. The summed E-state index contributed by atoms with van der Waals surface area (Å²) in [4.78, 5) is 10.6. The number of hydrogen-bond acceptors (Lipinski definition) is 2. The first-order chi connectivity index (χ1) is 7.63. The van der Waals surface area contributed by atoms with Crippen molar-refractivity contribution in [3.8, 4) is 5.75 Å². The van der Waals surface area contributed by atoms with E-state index in [0.29, 0.717) is 12.2 Å². The van der Waals surface area contributed by atoms with Crippen LogP contribution in [0.2, 0.25) is 0 Å². The predicted octanol–water partition coefficient (Wildman–Crippen LogP) is 2.74. The molecular weight excluding hydrogens is 204 g/mol. The molecule has 1 aromatic carbocycles. The summed E-state index contributed by atoms with van der Waals surface area (Å²) in [7, 11) is 0. The minimum atomic E-state index is -0.910. The highest BCUT2D eigenvalue weighted by Crippen LogP contribution is 2.14. The van der Waals surface area contributed by atoms with Gasteiger partial charge in [-0.2, -0.15) is 0 Å².